The number of hydrogen-bond donors (Lipinski definition) is 2. The summed E-state index contributed by atoms with van der Waals surface area (Å²) in [5, 5.41) is 12.5. The predicted molar refractivity (Wildman–Crippen MR) is 221 cm³/mol. The van der Waals surface area contributed by atoms with Crippen molar-refractivity contribution in [3.05, 3.63) is 179 Å². The highest BCUT2D eigenvalue weighted by atomic mass is 32.1. The van der Waals surface area contributed by atoms with Crippen molar-refractivity contribution < 1.29 is 4.42 Å². The summed E-state index contributed by atoms with van der Waals surface area (Å²) in [6, 6.07) is 54.6. The third-order valence-electron chi connectivity index (χ3n) is 11.4. The van der Waals surface area contributed by atoms with Gasteiger partial charge in [0.1, 0.15) is 29.3 Å². The summed E-state index contributed by atoms with van der Waals surface area (Å²) in [6.45, 7) is 4.67. The summed E-state index contributed by atoms with van der Waals surface area (Å²) >= 11 is 1.85. The molecule has 3 heterocycles. The molecule has 1 aliphatic heterocycles. The summed E-state index contributed by atoms with van der Waals surface area (Å²) < 4.78 is 9.10. The molecule has 2 aromatic heterocycles. The van der Waals surface area contributed by atoms with E-state index in [1.807, 2.05) is 23.5 Å². The van der Waals surface area contributed by atoms with Crippen molar-refractivity contribution in [2.24, 2.45) is 4.99 Å². The van der Waals surface area contributed by atoms with Crippen molar-refractivity contribution in [3.8, 4) is 22.3 Å². The molecule has 254 valence electrons. The fourth-order valence-electron chi connectivity index (χ4n) is 8.74. The van der Waals surface area contributed by atoms with Gasteiger partial charge >= 0.3 is 0 Å². The molecule has 0 saturated heterocycles. The quantitative estimate of drug-likeness (QED) is 0.192. The Labute approximate surface area is 311 Å². The molecule has 9 aromatic rings. The van der Waals surface area contributed by atoms with Gasteiger partial charge in [-0.15, -0.1) is 11.3 Å². The Kier molecular flexibility index (Phi) is 6.64. The lowest BCUT2D eigenvalue weighted by Gasteiger charge is -2.32. The SMILES string of the molecule is CC1(C)c2ccccc2-c2ccc(C3N=C(c4cccc5c4oc4ccccc45)NC(c4ccc5c(c4)sc4cccc(-c6ccccc6)c45)N3)cc21. The van der Waals surface area contributed by atoms with E-state index in [-0.39, 0.29) is 17.7 Å². The van der Waals surface area contributed by atoms with Gasteiger partial charge < -0.3 is 9.73 Å². The van der Waals surface area contributed by atoms with Crippen LogP contribution in [0.3, 0.4) is 0 Å². The Bertz CT molecular complexity index is 2950. The number of thiophene rings is 1. The highest BCUT2D eigenvalue weighted by Gasteiger charge is 2.36. The normalized spacial score (nSPS) is 17.6. The van der Waals surface area contributed by atoms with E-state index < -0.39 is 0 Å². The first-order chi connectivity index (χ1) is 26.0. The van der Waals surface area contributed by atoms with Crippen molar-refractivity contribution >= 4 is 59.3 Å². The minimum Gasteiger partial charge on any atom is -0.455 e. The van der Waals surface area contributed by atoms with Crippen molar-refractivity contribution in [2.75, 3.05) is 0 Å². The maximum absolute atomic E-state index is 6.54. The second-order valence-electron chi connectivity index (χ2n) is 14.8. The Morgan fingerprint density at radius 3 is 2.25 bits per heavy atom. The van der Waals surface area contributed by atoms with Gasteiger partial charge in [-0.1, -0.05) is 141 Å². The smallest absolute Gasteiger partial charge is 0.146 e. The van der Waals surface area contributed by atoms with Crippen molar-refractivity contribution in [1.29, 1.82) is 0 Å². The molecule has 2 unspecified atom stereocenters. The Morgan fingerprint density at radius 1 is 0.585 bits per heavy atom. The molecular weight excluding hydrogens is 667 g/mol. The average Bonchev–Trinajstić information content (AvgIpc) is 3.85. The van der Waals surface area contributed by atoms with E-state index in [2.05, 4.69) is 164 Å². The maximum atomic E-state index is 6.54. The van der Waals surface area contributed by atoms with E-state index in [9.17, 15) is 0 Å². The Morgan fingerprint density at radius 2 is 1.32 bits per heavy atom. The zero-order valence-electron chi connectivity index (χ0n) is 29.4. The van der Waals surface area contributed by atoms with Crippen LogP contribution in [-0.4, -0.2) is 5.84 Å². The number of para-hydroxylation sites is 2. The minimum absolute atomic E-state index is 0.106. The number of furan rings is 1. The minimum atomic E-state index is -0.288. The lowest BCUT2D eigenvalue weighted by Crippen LogP contribution is -2.45. The monoisotopic (exact) mass is 701 g/mol. The third kappa shape index (κ3) is 4.67. The molecule has 0 spiro atoms. The van der Waals surface area contributed by atoms with Crippen LogP contribution in [0.2, 0.25) is 0 Å². The fourth-order valence-corrected chi connectivity index (χ4v) is 9.92. The van der Waals surface area contributed by atoms with E-state index in [1.54, 1.807) is 0 Å². The van der Waals surface area contributed by atoms with Crippen LogP contribution < -0.4 is 10.6 Å². The number of amidine groups is 1. The number of nitrogens with one attached hydrogen (secondary N) is 2. The van der Waals surface area contributed by atoms with E-state index in [1.165, 1.54) is 53.6 Å². The third-order valence-corrected chi connectivity index (χ3v) is 12.5. The molecule has 11 rings (SSSR count). The molecule has 53 heavy (non-hydrogen) atoms. The molecule has 2 aliphatic rings. The number of nitrogens with zero attached hydrogens (tertiary/aromatic N) is 1. The number of aliphatic imine (C=N–C) groups is 1. The zero-order chi connectivity index (χ0) is 35.3. The van der Waals surface area contributed by atoms with Crippen LogP contribution in [0.5, 0.6) is 0 Å². The first-order valence-corrected chi connectivity index (χ1v) is 19.1. The van der Waals surface area contributed by atoms with Crippen molar-refractivity contribution in [2.45, 2.75) is 31.6 Å². The molecule has 0 bridgehead atoms. The van der Waals surface area contributed by atoms with Crippen LogP contribution in [0.1, 0.15) is 54.0 Å². The van der Waals surface area contributed by atoms with Gasteiger partial charge in [0.05, 0.1) is 5.56 Å². The molecule has 2 N–H and O–H groups in total. The lowest BCUT2D eigenvalue weighted by atomic mass is 9.82. The molecule has 1 aliphatic carbocycles. The van der Waals surface area contributed by atoms with Crippen LogP contribution in [0.4, 0.5) is 0 Å². The van der Waals surface area contributed by atoms with Gasteiger partial charge in [-0.05, 0) is 68.8 Å². The Hall–Kier alpha value is -6.01. The summed E-state index contributed by atoms with van der Waals surface area (Å²) in [5.41, 5.74) is 12.7. The summed E-state index contributed by atoms with van der Waals surface area (Å²) in [6.07, 6.45) is -0.489. The van der Waals surface area contributed by atoms with E-state index in [0.717, 1.165) is 44.5 Å². The standard InChI is InChI=1S/C48H35N3OS/c1-48(2)38-19-8-6-14-32(38)33-24-22-29(26-39(33)48)45-49-46(51-47(50-45)37-18-10-17-35-34-15-7-9-20-40(34)52-44(35)37)30-23-25-36-42(27-30)53-41-21-11-16-31(43(36)41)28-12-4-3-5-13-28/h3-27,45-46,49H,1-2H3,(H,50,51). The van der Waals surface area contributed by atoms with Crippen LogP contribution in [0.25, 0.3) is 64.4 Å². The molecule has 2 atom stereocenters. The molecule has 4 nitrogen and oxygen atoms in total. The van der Waals surface area contributed by atoms with Gasteiger partial charge in [-0.3, -0.25) is 5.32 Å². The van der Waals surface area contributed by atoms with E-state index in [4.69, 9.17) is 9.41 Å². The van der Waals surface area contributed by atoms with Crippen LogP contribution in [0.15, 0.2) is 161 Å². The summed E-state index contributed by atoms with van der Waals surface area (Å²) in [5.74, 6) is 0.814. The Balaban J connectivity index is 1.05. The van der Waals surface area contributed by atoms with Gasteiger partial charge in [0.2, 0.25) is 0 Å². The number of hydrogen-bond acceptors (Lipinski definition) is 5. The van der Waals surface area contributed by atoms with Crippen LogP contribution >= 0.6 is 11.3 Å². The molecule has 0 saturated carbocycles. The summed E-state index contributed by atoms with van der Waals surface area (Å²) in [4.78, 5) is 5.42. The molecular formula is C48H35N3OS. The number of benzene rings is 7. The lowest BCUT2D eigenvalue weighted by molar-refractivity contribution is 0.409. The zero-order valence-corrected chi connectivity index (χ0v) is 30.2. The van der Waals surface area contributed by atoms with Crippen molar-refractivity contribution in [3.63, 3.8) is 0 Å². The molecule has 5 heteroatoms. The predicted octanol–water partition coefficient (Wildman–Crippen LogP) is 12.3. The van der Waals surface area contributed by atoms with Gasteiger partial charge in [0.25, 0.3) is 0 Å². The maximum Gasteiger partial charge on any atom is 0.146 e. The largest absolute Gasteiger partial charge is 0.455 e. The molecule has 0 amide bonds. The molecule has 0 radical (unpaired) electrons. The van der Waals surface area contributed by atoms with E-state index >= 15 is 0 Å². The van der Waals surface area contributed by atoms with Crippen molar-refractivity contribution in [1.82, 2.24) is 10.6 Å². The average molecular weight is 702 g/mol. The second kappa shape index (κ2) is 11.5. The highest BCUT2D eigenvalue weighted by Crippen LogP contribution is 2.49. The van der Waals surface area contributed by atoms with E-state index in [0.29, 0.717) is 0 Å². The van der Waals surface area contributed by atoms with Gasteiger partial charge in [0.15, 0.2) is 0 Å². The summed E-state index contributed by atoms with van der Waals surface area (Å²) in [7, 11) is 0. The van der Waals surface area contributed by atoms with Gasteiger partial charge in [-0.25, -0.2) is 4.99 Å². The topological polar surface area (TPSA) is 49.6 Å². The van der Waals surface area contributed by atoms with Gasteiger partial charge in [0, 0.05) is 36.4 Å². The number of fused-ring (bicyclic) bond motifs is 9. The molecule has 0 fully saturated rings. The van der Waals surface area contributed by atoms with Crippen LogP contribution in [0, 0.1) is 0 Å². The number of rotatable bonds is 4. The first kappa shape index (κ1) is 30.6. The fraction of sp³-hybridized carbons (Fsp3) is 0.104. The second-order valence-corrected chi connectivity index (χ2v) is 15.9. The van der Waals surface area contributed by atoms with Gasteiger partial charge in [-0.2, -0.15) is 0 Å². The first-order valence-electron chi connectivity index (χ1n) is 18.3. The van der Waals surface area contributed by atoms with Crippen LogP contribution in [-0.2, 0) is 5.41 Å². The molecule has 7 aromatic carbocycles. The highest BCUT2D eigenvalue weighted by molar-refractivity contribution is 7.26.